The molecule has 0 saturated carbocycles. The second-order valence-corrected chi connectivity index (χ2v) is 6.43. The Morgan fingerprint density at radius 1 is 0.885 bits per heavy atom. The van der Waals surface area contributed by atoms with Crippen LogP contribution in [0.15, 0.2) is 52.7 Å². The molecule has 5 nitrogen and oxygen atoms in total. The van der Waals surface area contributed by atoms with Gasteiger partial charge in [0.15, 0.2) is 5.82 Å². The number of halogens is 2. The van der Waals surface area contributed by atoms with E-state index < -0.39 is 0 Å². The molecule has 0 aliphatic carbocycles. The minimum absolute atomic E-state index is 0. The Hall–Kier alpha value is -1.66. The second-order valence-electron chi connectivity index (χ2n) is 5.63. The number of azo groups is 1. The number of benzene rings is 1. The van der Waals surface area contributed by atoms with Crippen molar-refractivity contribution in [3.8, 4) is 0 Å². The van der Waals surface area contributed by atoms with Gasteiger partial charge in [-0.3, -0.25) is 0 Å². The average Bonchev–Trinajstić information content (AvgIpc) is 2.62. The van der Waals surface area contributed by atoms with Crippen LogP contribution in [0.4, 0.5) is 23.0 Å². The van der Waals surface area contributed by atoms with Crippen LogP contribution in [0.3, 0.4) is 0 Å². The fraction of sp³-hybridized carbons (Fsp3) is 0.421. The van der Waals surface area contributed by atoms with E-state index >= 15 is 0 Å². The van der Waals surface area contributed by atoms with Crippen LogP contribution in [0.1, 0.15) is 45.4 Å². The summed E-state index contributed by atoms with van der Waals surface area (Å²) in [6.07, 6.45) is 8.40. The van der Waals surface area contributed by atoms with E-state index in [0.717, 1.165) is 5.69 Å². The van der Waals surface area contributed by atoms with Crippen molar-refractivity contribution in [1.29, 1.82) is 0 Å². The van der Waals surface area contributed by atoms with E-state index in [1.807, 2.05) is 30.3 Å². The van der Waals surface area contributed by atoms with Gasteiger partial charge in [0.05, 0.1) is 5.69 Å². The quantitative estimate of drug-likeness (QED) is 0.267. The molecule has 0 aliphatic heterocycles. The molecule has 0 unspecified atom stereocenters. The van der Waals surface area contributed by atoms with Crippen LogP contribution in [0, 0.1) is 0 Å². The molecule has 0 spiro atoms. The Bertz CT molecular complexity index is 617. The van der Waals surface area contributed by atoms with Crippen molar-refractivity contribution >= 4 is 51.3 Å². The molecule has 0 radical (unpaired) electrons. The highest BCUT2D eigenvalue weighted by Crippen LogP contribution is 2.23. The van der Waals surface area contributed by atoms with Crippen molar-refractivity contribution < 1.29 is 0 Å². The molecular formula is C19H29BrClN5. The van der Waals surface area contributed by atoms with Gasteiger partial charge < -0.3 is 11.5 Å². The summed E-state index contributed by atoms with van der Waals surface area (Å²) in [5.41, 5.74) is 12.4. The maximum Gasteiger partial charge on any atom is 0.153 e. The Labute approximate surface area is 171 Å². The van der Waals surface area contributed by atoms with Crippen LogP contribution >= 0.6 is 28.3 Å². The van der Waals surface area contributed by atoms with E-state index in [-0.39, 0.29) is 18.2 Å². The highest BCUT2D eigenvalue weighted by Gasteiger charge is 1.98. The van der Waals surface area contributed by atoms with Gasteiger partial charge in [0.25, 0.3) is 0 Å². The van der Waals surface area contributed by atoms with Gasteiger partial charge in [0.2, 0.25) is 0 Å². The van der Waals surface area contributed by atoms with Crippen molar-refractivity contribution in [3.05, 3.63) is 42.5 Å². The SMILES string of the molecule is CCCCCCCCBr.Cl.Nc1ccc(/N=N/c2ccccc2)c(N)n1. The summed E-state index contributed by atoms with van der Waals surface area (Å²) >= 11 is 3.42. The molecule has 1 heterocycles. The zero-order valence-corrected chi connectivity index (χ0v) is 17.7. The zero-order valence-electron chi connectivity index (χ0n) is 15.3. The van der Waals surface area contributed by atoms with E-state index in [4.69, 9.17) is 11.5 Å². The number of aromatic nitrogens is 1. The molecule has 26 heavy (non-hydrogen) atoms. The molecule has 0 amide bonds. The van der Waals surface area contributed by atoms with Gasteiger partial charge in [0.1, 0.15) is 11.5 Å². The normalized spacial score (nSPS) is 10.1. The van der Waals surface area contributed by atoms with E-state index in [9.17, 15) is 0 Å². The number of alkyl halides is 1. The van der Waals surface area contributed by atoms with Gasteiger partial charge in [-0.1, -0.05) is 73.2 Å². The van der Waals surface area contributed by atoms with E-state index in [1.54, 1.807) is 12.1 Å². The molecule has 144 valence electrons. The number of pyridine rings is 1. The number of anilines is 2. The number of hydrogen-bond acceptors (Lipinski definition) is 5. The molecule has 0 fully saturated rings. The summed E-state index contributed by atoms with van der Waals surface area (Å²) in [4.78, 5) is 3.89. The van der Waals surface area contributed by atoms with Gasteiger partial charge >= 0.3 is 0 Å². The minimum Gasteiger partial charge on any atom is -0.384 e. The molecule has 0 aliphatic rings. The van der Waals surface area contributed by atoms with Gasteiger partial charge in [-0.2, -0.15) is 5.11 Å². The third kappa shape index (κ3) is 11.1. The highest BCUT2D eigenvalue weighted by molar-refractivity contribution is 9.09. The van der Waals surface area contributed by atoms with Crippen LogP contribution in [0.25, 0.3) is 0 Å². The predicted molar refractivity (Wildman–Crippen MR) is 118 cm³/mol. The smallest absolute Gasteiger partial charge is 0.153 e. The zero-order chi connectivity index (χ0) is 18.3. The lowest BCUT2D eigenvalue weighted by atomic mass is 10.1. The monoisotopic (exact) mass is 441 g/mol. The molecule has 4 N–H and O–H groups in total. The minimum atomic E-state index is 0. The third-order valence-electron chi connectivity index (χ3n) is 3.44. The molecule has 2 rings (SSSR count). The van der Waals surface area contributed by atoms with Crippen LogP contribution in [-0.2, 0) is 0 Å². The number of nitrogens with zero attached hydrogens (tertiary/aromatic N) is 3. The summed E-state index contributed by atoms with van der Waals surface area (Å²) < 4.78 is 0. The third-order valence-corrected chi connectivity index (χ3v) is 4.00. The summed E-state index contributed by atoms with van der Waals surface area (Å²) in [6.45, 7) is 2.25. The fourth-order valence-corrected chi connectivity index (χ4v) is 2.45. The second kappa shape index (κ2) is 15.6. The van der Waals surface area contributed by atoms with Crippen LogP contribution in [0.5, 0.6) is 0 Å². The van der Waals surface area contributed by atoms with E-state index in [1.165, 1.54) is 43.9 Å². The van der Waals surface area contributed by atoms with Crippen molar-refractivity contribution in [3.63, 3.8) is 0 Å². The molecule has 1 aromatic carbocycles. The molecular weight excluding hydrogens is 414 g/mol. The molecule has 2 aromatic rings. The standard InChI is InChI=1S/C11H11N5.C8H17Br.ClH/c12-10-7-6-9(11(13)14-10)16-15-8-4-2-1-3-5-8;1-2-3-4-5-6-7-8-9;/h1-7H,(H4,12,13,14);2-8H2,1H3;1H/b16-15+;;. The largest absolute Gasteiger partial charge is 0.384 e. The highest BCUT2D eigenvalue weighted by atomic mass is 79.9. The number of unbranched alkanes of at least 4 members (excludes halogenated alkanes) is 5. The first-order chi connectivity index (χ1) is 12.2. The summed E-state index contributed by atoms with van der Waals surface area (Å²) in [6, 6.07) is 12.7. The van der Waals surface area contributed by atoms with Gasteiger partial charge in [-0.05, 0) is 30.7 Å². The lowest BCUT2D eigenvalue weighted by Gasteiger charge is -1.98. The molecule has 7 heteroatoms. The fourth-order valence-electron chi connectivity index (χ4n) is 2.05. The number of nitrogens with two attached hydrogens (primary N) is 2. The van der Waals surface area contributed by atoms with E-state index in [0.29, 0.717) is 11.5 Å². The first-order valence-electron chi connectivity index (χ1n) is 8.72. The first kappa shape index (κ1) is 24.3. The lowest BCUT2D eigenvalue weighted by Crippen LogP contribution is -1.95. The Morgan fingerprint density at radius 2 is 1.54 bits per heavy atom. The predicted octanol–water partition coefficient (Wildman–Crippen LogP) is 6.83. The molecule has 0 saturated heterocycles. The molecule has 1 aromatic heterocycles. The number of nitrogen functional groups attached to an aromatic ring is 2. The first-order valence-corrected chi connectivity index (χ1v) is 9.84. The number of hydrogen-bond donors (Lipinski definition) is 2. The molecule has 0 atom stereocenters. The summed E-state index contributed by atoms with van der Waals surface area (Å²) in [7, 11) is 0. The Kier molecular flexibility index (Phi) is 14.6. The van der Waals surface area contributed by atoms with Crippen molar-refractivity contribution in [1.82, 2.24) is 4.98 Å². The van der Waals surface area contributed by atoms with Gasteiger partial charge in [-0.25, -0.2) is 4.98 Å². The summed E-state index contributed by atoms with van der Waals surface area (Å²) in [5, 5.41) is 9.21. The van der Waals surface area contributed by atoms with Crippen LogP contribution in [0.2, 0.25) is 0 Å². The Morgan fingerprint density at radius 3 is 2.15 bits per heavy atom. The summed E-state index contributed by atoms with van der Waals surface area (Å²) in [5.74, 6) is 0.649. The van der Waals surface area contributed by atoms with Gasteiger partial charge in [0, 0.05) is 5.33 Å². The maximum absolute atomic E-state index is 5.64. The van der Waals surface area contributed by atoms with Gasteiger partial charge in [-0.15, -0.1) is 17.5 Å². The Balaban J connectivity index is 0.000000543. The van der Waals surface area contributed by atoms with Crippen molar-refractivity contribution in [2.75, 3.05) is 16.8 Å². The maximum atomic E-state index is 5.64. The lowest BCUT2D eigenvalue weighted by molar-refractivity contribution is 0.628. The number of rotatable bonds is 8. The average molecular weight is 443 g/mol. The van der Waals surface area contributed by atoms with Crippen molar-refractivity contribution in [2.45, 2.75) is 45.4 Å². The van der Waals surface area contributed by atoms with E-state index in [2.05, 4.69) is 38.1 Å². The van der Waals surface area contributed by atoms with Crippen molar-refractivity contribution in [2.24, 2.45) is 10.2 Å². The topological polar surface area (TPSA) is 89.6 Å². The molecule has 0 bridgehead atoms. The van der Waals surface area contributed by atoms with Crippen LogP contribution < -0.4 is 11.5 Å². The van der Waals surface area contributed by atoms with Crippen LogP contribution in [-0.4, -0.2) is 10.3 Å².